The van der Waals surface area contributed by atoms with Gasteiger partial charge in [0.2, 0.25) is 0 Å². The van der Waals surface area contributed by atoms with Crippen LogP contribution in [0.25, 0.3) is 6.08 Å². The van der Waals surface area contributed by atoms with Crippen molar-refractivity contribution in [2.24, 2.45) is 0 Å². The summed E-state index contributed by atoms with van der Waals surface area (Å²) >= 11 is 3.32. The Labute approximate surface area is 75.1 Å². The van der Waals surface area contributed by atoms with Gasteiger partial charge in [-0.15, -0.1) is 0 Å². The second-order valence-corrected chi connectivity index (χ2v) is 2.78. The van der Waals surface area contributed by atoms with Crippen molar-refractivity contribution >= 4 is 22.0 Å². The lowest BCUT2D eigenvalue weighted by Crippen LogP contribution is -1.94. The third-order valence-corrected chi connectivity index (χ3v) is 1.82. The summed E-state index contributed by atoms with van der Waals surface area (Å²) in [6.45, 7) is 3.08. The average molecular weight is 215 g/mol. The minimum absolute atomic E-state index is 0.879. The maximum Gasteiger partial charge on any atom is 0.132 e. The van der Waals surface area contributed by atoms with Crippen molar-refractivity contribution in [2.75, 3.05) is 5.33 Å². The van der Waals surface area contributed by atoms with E-state index in [0.29, 0.717) is 0 Å². The summed E-state index contributed by atoms with van der Waals surface area (Å²) in [5.41, 5.74) is 0. The summed E-state index contributed by atoms with van der Waals surface area (Å²) in [5, 5.41) is 0.879. The number of hydrogen-bond acceptors (Lipinski definition) is 1. The minimum Gasteiger partial charge on any atom is -0.332 e. The van der Waals surface area contributed by atoms with Crippen LogP contribution in [0.3, 0.4) is 0 Å². The van der Waals surface area contributed by atoms with Gasteiger partial charge < -0.3 is 4.57 Å². The van der Waals surface area contributed by atoms with Gasteiger partial charge in [-0.05, 0) is 13.0 Å². The monoisotopic (exact) mass is 214 g/mol. The Hall–Kier alpha value is -0.570. The van der Waals surface area contributed by atoms with Gasteiger partial charge in [-0.3, -0.25) is 0 Å². The van der Waals surface area contributed by atoms with E-state index in [9.17, 15) is 0 Å². The van der Waals surface area contributed by atoms with Gasteiger partial charge in [0.15, 0.2) is 0 Å². The first-order chi connectivity index (χ1) is 5.38. The Morgan fingerprint density at radius 1 is 1.73 bits per heavy atom. The van der Waals surface area contributed by atoms with Gasteiger partial charge in [-0.1, -0.05) is 22.0 Å². The number of rotatable bonds is 3. The Bertz CT molecular complexity index is 240. The van der Waals surface area contributed by atoms with E-state index in [2.05, 4.69) is 32.4 Å². The number of nitrogens with zero attached hydrogens (tertiary/aromatic N) is 2. The molecule has 2 nitrogen and oxygen atoms in total. The molecule has 0 radical (unpaired) electrons. The minimum atomic E-state index is 0.879. The highest BCUT2D eigenvalue weighted by Crippen LogP contribution is 2.00. The number of halogens is 1. The van der Waals surface area contributed by atoms with E-state index in [1.165, 1.54) is 0 Å². The highest BCUT2D eigenvalue weighted by Gasteiger charge is 1.93. The van der Waals surface area contributed by atoms with E-state index in [0.717, 1.165) is 17.7 Å². The molecule has 0 saturated carbocycles. The van der Waals surface area contributed by atoms with Crippen LogP contribution < -0.4 is 0 Å². The molecule has 0 bridgehead atoms. The summed E-state index contributed by atoms with van der Waals surface area (Å²) in [6, 6.07) is 0. The van der Waals surface area contributed by atoms with Crippen LogP contribution in [0.5, 0.6) is 0 Å². The highest BCUT2D eigenvalue weighted by atomic mass is 79.9. The summed E-state index contributed by atoms with van der Waals surface area (Å²) in [5.74, 6) is 1.02. The zero-order chi connectivity index (χ0) is 8.10. The zero-order valence-corrected chi connectivity index (χ0v) is 8.08. The van der Waals surface area contributed by atoms with E-state index >= 15 is 0 Å². The normalized spacial score (nSPS) is 11.1. The molecular formula is C8H11BrN2. The molecule has 0 atom stereocenters. The second kappa shape index (κ2) is 4.34. The molecule has 0 fully saturated rings. The SMILES string of the molecule is CCn1ccnc1C=CCBr. The molecule has 1 rings (SSSR count). The first-order valence-electron chi connectivity index (χ1n) is 3.62. The smallest absolute Gasteiger partial charge is 0.132 e. The Morgan fingerprint density at radius 3 is 3.18 bits per heavy atom. The number of hydrogen-bond donors (Lipinski definition) is 0. The lowest BCUT2D eigenvalue weighted by atomic mass is 10.5. The lowest BCUT2D eigenvalue weighted by molar-refractivity contribution is 0.752. The zero-order valence-electron chi connectivity index (χ0n) is 6.50. The molecule has 0 aliphatic carbocycles. The van der Waals surface area contributed by atoms with Crippen LogP contribution in [0.2, 0.25) is 0 Å². The highest BCUT2D eigenvalue weighted by molar-refractivity contribution is 9.09. The van der Waals surface area contributed by atoms with Gasteiger partial charge in [-0.2, -0.15) is 0 Å². The van der Waals surface area contributed by atoms with Crippen LogP contribution in [0.15, 0.2) is 18.5 Å². The fraction of sp³-hybridized carbons (Fsp3) is 0.375. The first-order valence-corrected chi connectivity index (χ1v) is 4.74. The molecule has 3 heteroatoms. The third-order valence-electron chi connectivity index (χ3n) is 1.44. The molecule has 0 aromatic carbocycles. The van der Waals surface area contributed by atoms with Crippen molar-refractivity contribution in [1.82, 2.24) is 9.55 Å². The van der Waals surface area contributed by atoms with Gasteiger partial charge in [0.1, 0.15) is 5.82 Å². The summed E-state index contributed by atoms with van der Waals surface area (Å²) < 4.78 is 2.10. The molecule has 1 heterocycles. The Morgan fingerprint density at radius 2 is 2.55 bits per heavy atom. The second-order valence-electron chi connectivity index (χ2n) is 2.13. The van der Waals surface area contributed by atoms with Gasteiger partial charge >= 0.3 is 0 Å². The molecule has 0 aliphatic rings. The number of aryl methyl sites for hydroxylation is 1. The number of aromatic nitrogens is 2. The molecule has 60 valence electrons. The van der Waals surface area contributed by atoms with Gasteiger partial charge in [0.05, 0.1) is 0 Å². The van der Waals surface area contributed by atoms with Crippen molar-refractivity contribution in [1.29, 1.82) is 0 Å². The molecule has 0 spiro atoms. The van der Waals surface area contributed by atoms with E-state index in [1.54, 1.807) is 0 Å². The molecule has 1 aromatic rings. The predicted octanol–water partition coefficient (Wildman–Crippen LogP) is 2.31. The molecule has 0 unspecified atom stereocenters. The maximum atomic E-state index is 4.18. The van der Waals surface area contributed by atoms with Crippen LogP contribution in [0.1, 0.15) is 12.7 Å². The fourth-order valence-electron chi connectivity index (χ4n) is 0.897. The van der Waals surface area contributed by atoms with Gasteiger partial charge in [0, 0.05) is 24.3 Å². The van der Waals surface area contributed by atoms with Gasteiger partial charge in [0.25, 0.3) is 0 Å². The Balaban J connectivity index is 2.76. The van der Waals surface area contributed by atoms with Crippen molar-refractivity contribution in [3.8, 4) is 0 Å². The molecule has 0 saturated heterocycles. The maximum absolute atomic E-state index is 4.18. The summed E-state index contributed by atoms with van der Waals surface area (Å²) in [4.78, 5) is 4.18. The van der Waals surface area contributed by atoms with Crippen LogP contribution >= 0.6 is 15.9 Å². The quantitative estimate of drug-likeness (QED) is 0.707. The average Bonchev–Trinajstić information content (AvgIpc) is 2.47. The van der Waals surface area contributed by atoms with Crippen molar-refractivity contribution < 1.29 is 0 Å². The molecule has 0 amide bonds. The molecule has 0 N–H and O–H groups in total. The first kappa shape index (κ1) is 8.53. The van der Waals surface area contributed by atoms with Crippen molar-refractivity contribution in [3.63, 3.8) is 0 Å². The topological polar surface area (TPSA) is 17.8 Å². The predicted molar refractivity (Wildman–Crippen MR) is 50.7 cm³/mol. The summed E-state index contributed by atoms with van der Waals surface area (Å²) in [7, 11) is 0. The van der Waals surface area contributed by atoms with Crippen LogP contribution in [0.4, 0.5) is 0 Å². The largest absolute Gasteiger partial charge is 0.332 e. The standard InChI is InChI=1S/C8H11BrN2/c1-2-11-7-6-10-8(11)4-3-5-9/h3-4,6-7H,2,5H2,1H3. The van der Waals surface area contributed by atoms with Crippen LogP contribution in [-0.4, -0.2) is 14.9 Å². The third kappa shape index (κ3) is 2.19. The van der Waals surface area contributed by atoms with E-state index in [4.69, 9.17) is 0 Å². The van der Waals surface area contributed by atoms with Crippen molar-refractivity contribution in [2.45, 2.75) is 13.5 Å². The Kier molecular flexibility index (Phi) is 3.36. The number of allylic oxidation sites excluding steroid dienone is 1. The van der Waals surface area contributed by atoms with E-state index < -0.39 is 0 Å². The lowest BCUT2D eigenvalue weighted by Gasteiger charge is -1.97. The number of alkyl halides is 1. The fourth-order valence-corrected chi connectivity index (χ4v) is 1.08. The molecule has 1 aromatic heterocycles. The van der Waals surface area contributed by atoms with E-state index in [1.807, 2.05) is 24.5 Å². The molecule has 11 heavy (non-hydrogen) atoms. The molecule has 0 aliphatic heterocycles. The van der Waals surface area contributed by atoms with Gasteiger partial charge in [-0.25, -0.2) is 4.98 Å². The number of imidazole rings is 1. The van der Waals surface area contributed by atoms with E-state index in [-0.39, 0.29) is 0 Å². The summed E-state index contributed by atoms with van der Waals surface area (Å²) in [6.07, 6.45) is 7.85. The molecular weight excluding hydrogens is 204 g/mol. The van der Waals surface area contributed by atoms with Crippen LogP contribution in [0, 0.1) is 0 Å². The van der Waals surface area contributed by atoms with Crippen LogP contribution in [-0.2, 0) is 6.54 Å². The van der Waals surface area contributed by atoms with Crippen molar-refractivity contribution in [3.05, 3.63) is 24.3 Å².